The maximum Gasteiger partial charge on any atom is 0.337 e. The first kappa shape index (κ1) is 33.4. The zero-order chi connectivity index (χ0) is 35.1. The monoisotopic (exact) mass is 799 g/mol. The number of nitrogens with zero attached hydrogens (tertiary/aromatic N) is 6. The van der Waals surface area contributed by atoms with Crippen LogP contribution in [0.1, 0.15) is 47.8 Å². The van der Waals surface area contributed by atoms with Crippen LogP contribution in [0.15, 0.2) is 94.9 Å². The third-order valence-electron chi connectivity index (χ3n) is 9.84. The van der Waals surface area contributed by atoms with E-state index in [0.29, 0.717) is 42.7 Å². The van der Waals surface area contributed by atoms with E-state index < -0.39 is 23.1 Å². The summed E-state index contributed by atoms with van der Waals surface area (Å²) in [4.78, 5) is 52.3. The highest BCUT2D eigenvalue weighted by molar-refractivity contribution is 14.1. The lowest BCUT2D eigenvalue weighted by molar-refractivity contribution is 0.0342. The Morgan fingerprint density at radius 1 is 0.941 bits per heavy atom. The van der Waals surface area contributed by atoms with Crippen LogP contribution in [0, 0.1) is 9.39 Å². The van der Waals surface area contributed by atoms with Crippen molar-refractivity contribution in [2.24, 2.45) is 0 Å². The van der Waals surface area contributed by atoms with Gasteiger partial charge in [0.1, 0.15) is 17.2 Å². The van der Waals surface area contributed by atoms with E-state index >= 15 is 0 Å². The van der Waals surface area contributed by atoms with Crippen molar-refractivity contribution in [3.8, 4) is 16.8 Å². The van der Waals surface area contributed by atoms with Crippen LogP contribution in [-0.4, -0.2) is 66.7 Å². The normalized spacial score (nSPS) is 18.3. The quantitative estimate of drug-likeness (QED) is 0.217. The van der Waals surface area contributed by atoms with Gasteiger partial charge in [-0.25, -0.2) is 23.7 Å². The predicted molar refractivity (Wildman–Crippen MR) is 200 cm³/mol. The van der Waals surface area contributed by atoms with E-state index in [1.165, 1.54) is 14.7 Å². The van der Waals surface area contributed by atoms with Crippen molar-refractivity contribution in [1.82, 2.24) is 33.7 Å². The molecule has 1 aliphatic carbocycles. The van der Waals surface area contributed by atoms with Gasteiger partial charge in [-0.15, -0.1) is 0 Å². The van der Waals surface area contributed by atoms with Gasteiger partial charge in [0.15, 0.2) is 5.65 Å². The first-order chi connectivity index (χ1) is 24.8. The van der Waals surface area contributed by atoms with Crippen molar-refractivity contribution in [2.75, 3.05) is 26.3 Å². The molecule has 1 saturated heterocycles. The van der Waals surface area contributed by atoms with Crippen molar-refractivity contribution in [1.29, 1.82) is 0 Å². The highest BCUT2D eigenvalue weighted by Gasteiger charge is 2.28. The summed E-state index contributed by atoms with van der Waals surface area (Å²) in [6.45, 7) is 4.17. The van der Waals surface area contributed by atoms with Crippen LogP contribution >= 0.6 is 22.6 Å². The molecule has 2 aromatic carbocycles. The second-order valence-corrected chi connectivity index (χ2v) is 14.4. The third-order valence-corrected chi connectivity index (χ3v) is 10.5. The van der Waals surface area contributed by atoms with E-state index in [9.17, 15) is 18.8 Å². The molecule has 1 aliphatic heterocycles. The Hall–Kier alpha value is -4.73. The number of carbonyl (C=O) groups is 1. The Labute approximate surface area is 305 Å². The van der Waals surface area contributed by atoms with Gasteiger partial charge in [-0.2, -0.15) is 0 Å². The molecular weight excluding hydrogens is 764 g/mol. The summed E-state index contributed by atoms with van der Waals surface area (Å²) in [5.74, 6) is -0.925. The van der Waals surface area contributed by atoms with Crippen LogP contribution in [0.2, 0.25) is 0 Å². The van der Waals surface area contributed by atoms with Gasteiger partial charge in [-0.1, -0.05) is 36.4 Å². The largest absolute Gasteiger partial charge is 0.379 e. The van der Waals surface area contributed by atoms with Gasteiger partial charge < -0.3 is 14.5 Å². The van der Waals surface area contributed by atoms with Gasteiger partial charge in [0, 0.05) is 47.7 Å². The molecule has 0 atom stereocenters. The molecule has 1 N–H and O–H groups in total. The number of benzene rings is 2. The number of ether oxygens (including phenoxy) is 1. The summed E-state index contributed by atoms with van der Waals surface area (Å²) < 4.78 is 25.5. The van der Waals surface area contributed by atoms with Gasteiger partial charge in [-0.05, 0) is 95.3 Å². The molecule has 4 aromatic heterocycles. The maximum absolute atomic E-state index is 14.5. The first-order valence-electron chi connectivity index (χ1n) is 17.1. The van der Waals surface area contributed by atoms with Crippen LogP contribution in [-0.2, 0) is 11.3 Å². The van der Waals surface area contributed by atoms with Crippen LogP contribution in [0.4, 0.5) is 4.39 Å². The summed E-state index contributed by atoms with van der Waals surface area (Å²) in [7, 11) is 0. The number of aromatic nitrogens is 5. The number of halogens is 2. The third kappa shape index (κ3) is 6.85. The fourth-order valence-electron chi connectivity index (χ4n) is 7.19. The molecule has 5 heterocycles. The van der Waals surface area contributed by atoms with Crippen molar-refractivity contribution >= 4 is 45.2 Å². The lowest BCUT2D eigenvalue weighted by Gasteiger charge is -2.30. The zero-order valence-electron chi connectivity index (χ0n) is 27.7. The average Bonchev–Trinajstić information content (AvgIpc) is 3.57. The molecule has 0 bridgehead atoms. The number of imidazole rings is 1. The molecule has 8 rings (SSSR count). The lowest BCUT2D eigenvalue weighted by Crippen LogP contribution is -2.45. The Kier molecular flexibility index (Phi) is 9.25. The molecule has 1 saturated carbocycles. The summed E-state index contributed by atoms with van der Waals surface area (Å²) in [5, 5.41) is 3.11. The number of fused-ring (bicyclic) bond motifs is 2. The smallest absolute Gasteiger partial charge is 0.337 e. The zero-order valence-corrected chi connectivity index (χ0v) is 29.8. The van der Waals surface area contributed by atoms with E-state index in [1.807, 2.05) is 40.9 Å². The number of carbonyl (C=O) groups excluding carboxylic acids is 1. The standard InChI is InChI=1S/C38H35FIN7O4/c39-27-19-32-35(41-20-27)46(31-3-1-2-26(18-31)25-6-4-24(5-7-25)21-44-14-16-51-17-15-44)38(50)47(37(32)49)30-11-9-29(10-12-30)42-36(48)33-23-45-22-28(40)8-13-34(45)43-33/h1-8,13,18-20,22-23,29-30H,9-12,14-17,21H2,(H,42,48). The van der Waals surface area contributed by atoms with Gasteiger partial charge in [0.05, 0.1) is 30.5 Å². The van der Waals surface area contributed by atoms with Crippen molar-refractivity contribution in [3.05, 3.63) is 127 Å². The first-order valence-corrected chi connectivity index (χ1v) is 18.2. The molecule has 6 aromatic rings. The lowest BCUT2D eigenvalue weighted by atomic mass is 9.90. The number of amides is 1. The van der Waals surface area contributed by atoms with E-state index in [1.54, 1.807) is 12.3 Å². The minimum absolute atomic E-state index is 0.0319. The Balaban J connectivity index is 1.05. The molecule has 0 spiro atoms. The van der Waals surface area contributed by atoms with Gasteiger partial charge in [-0.3, -0.25) is 19.1 Å². The molecule has 2 fully saturated rings. The number of hydrogen-bond donors (Lipinski definition) is 1. The van der Waals surface area contributed by atoms with Crippen molar-refractivity contribution < 1.29 is 13.9 Å². The Morgan fingerprint density at radius 3 is 2.51 bits per heavy atom. The molecular formula is C38H35FIN7O4. The van der Waals surface area contributed by atoms with Gasteiger partial charge >= 0.3 is 5.69 Å². The molecule has 51 heavy (non-hydrogen) atoms. The fraction of sp³-hybridized carbons (Fsp3) is 0.289. The van der Waals surface area contributed by atoms with E-state index in [2.05, 4.69) is 67.0 Å². The molecule has 2 aliphatic rings. The molecule has 260 valence electrons. The summed E-state index contributed by atoms with van der Waals surface area (Å²) in [5.41, 5.74) is 3.61. The molecule has 0 radical (unpaired) electrons. The number of hydrogen-bond acceptors (Lipinski definition) is 7. The van der Waals surface area contributed by atoms with E-state index in [0.717, 1.165) is 59.8 Å². The van der Waals surface area contributed by atoms with Crippen molar-refractivity contribution in [3.63, 3.8) is 0 Å². The predicted octanol–water partition coefficient (Wildman–Crippen LogP) is 5.35. The van der Waals surface area contributed by atoms with Crippen LogP contribution in [0.5, 0.6) is 0 Å². The number of rotatable bonds is 7. The van der Waals surface area contributed by atoms with Crippen LogP contribution < -0.4 is 16.6 Å². The second-order valence-electron chi connectivity index (χ2n) is 13.2. The second kappa shape index (κ2) is 14.1. The minimum atomic E-state index is -0.657. The van der Waals surface area contributed by atoms with Crippen LogP contribution in [0.25, 0.3) is 33.5 Å². The molecule has 13 heteroatoms. The van der Waals surface area contributed by atoms with Crippen molar-refractivity contribution in [2.45, 2.75) is 44.3 Å². The number of nitrogens with one attached hydrogen (secondary N) is 1. The van der Waals surface area contributed by atoms with E-state index in [-0.39, 0.29) is 23.0 Å². The van der Waals surface area contributed by atoms with Crippen LogP contribution in [0.3, 0.4) is 0 Å². The van der Waals surface area contributed by atoms with Gasteiger partial charge in [0.2, 0.25) is 0 Å². The topological polar surface area (TPSA) is 116 Å². The number of morpholine rings is 1. The number of pyridine rings is 2. The Bertz CT molecular complexity index is 2380. The molecule has 11 nitrogen and oxygen atoms in total. The average molecular weight is 800 g/mol. The SMILES string of the molecule is O=C(NC1CCC(n2c(=O)c3cc(F)cnc3n(-c3cccc(-c4ccc(CN5CCOCC5)cc4)c3)c2=O)CC1)c1cn2cc(I)ccc2n1. The highest BCUT2D eigenvalue weighted by Crippen LogP contribution is 2.29. The minimum Gasteiger partial charge on any atom is -0.379 e. The fourth-order valence-corrected chi connectivity index (χ4v) is 7.67. The highest BCUT2D eigenvalue weighted by atomic mass is 127. The Morgan fingerprint density at radius 2 is 1.73 bits per heavy atom. The maximum atomic E-state index is 14.5. The van der Waals surface area contributed by atoms with Gasteiger partial charge in [0.25, 0.3) is 11.5 Å². The molecule has 1 amide bonds. The molecule has 0 unspecified atom stereocenters. The summed E-state index contributed by atoms with van der Waals surface area (Å²) in [6, 6.07) is 20.2. The summed E-state index contributed by atoms with van der Waals surface area (Å²) in [6.07, 6.45) is 6.72. The summed E-state index contributed by atoms with van der Waals surface area (Å²) >= 11 is 2.21. The van der Waals surface area contributed by atoms with E-state index in [4.69, 9.17) is 4.74 Å².